The minimum absolute atomic E-state index is 0.0820. The Balaban J connectivity index is 2.82. The molecule has 4 heteroatoms. The summed E-state index contributed by atoms with van der Waals surface area (Å²) in [6, 6.07) is 5.78. The van der Waals surface area contributed by atoms with Crippen LogP contribution in [0.15, 0.2) is 18.2 Å². The van der Waals surface area contributed by atoms with Crippen LogP contribution in [-0.2, 0) is 11.2 Å². The van der Waals surface area contributed by atoms with Gasteiger partial charge in [-0.05, 0) is 13.0 Å². The van der Waals surface area contributed by atoms with E-state index in [2.05, 4.69) is 10.9 Å². The van der Waals surface area contributed by atoms with Crippen molar-refractivity contribution in [2.75, 3.05) is 14.2 Å². The lowest BCUT2D eigenvalue weighted by molar-refractivity contribution is -0.121. The van der Waals surface area contributed by atoms with Crippen LogP contribution in [0.2, 0.25) is 0 Å². The lowest BCUT2D eigenvalue weighted by Gasteiger charge is -2.09. The number of hydrogen-bond donors (Lipinski definition) is 2. The molecule has 0 fully saturated rings. The Bertz CT molecular complexity index is 350. The fraction of sp³-hybridized carbons (Fsp3) is 0.364. The molecule has 4 nitrogen and oxygen atoms in total. The Morgan fingerprint density at radius 2 is 2.20 bits per heavy atom. The van der Waals surface area contributed by atoms with Crippen LogP contribution in [0.25, 0.3) is 0 Å². The molecular weight excluding hydrogens is 192 g/mol. The second kappa shape index (κ2) is 5.36. The highest BCUT2D eigenvalue weighted by molar-refractivity contribution is 5.78. The van der Waals surface area contributed by atoms with Gasteiger partial charge in [0.05, 0.1) is 13.5 Å². The zero-order chi connectivity index (χ0) is 11.3. The molecule has 1 rings (SSSR count). The van der Waals surface area contributed by atoms with Gasteiger partial charge < -0.3 is 4.74 Å². The maximum absolute atomic E-state index is 11.4. The molecule has 0 aliphatic rings. The normalized spacial score (nSPS) is 9.80. The zero-order valence-corrected chi connectivity index (χ0v) is 9.26. The van der Waals surface area contributed by atoms with Crippen molar-refractivity contribution in [2.24, 2.45) is 0 Å². The maximum atomic E-state index is 11.4. The van der Waals surface area contributed by atoms with Crippen molar-refractivity contribution in [1.29, 1.82) is 0 Å². The molecule has 1 aromatic carbocycles. The molecular formula is C11H16N2O2. The van der Waals surface area contributed by atoms with Crippen LogP contribution in [0, 0.1) is 6.92 Å². The number of carbonyl (C=O) groups excluding carboxylic acids is 1. The van der Waals surface area contributed by atoms with Crippen LogP contribution in [0.5, 0.6) is 5.75 Å². The van der Waals surface area contributed by atoms with Gasteiger partial charge in [-0.2, -0.15) is 0 Å². The third-order valence-corrected chi connectivity index (χ3v) is 2.05. The Hall–Kier alpha value is -1.55. The van der Waals surface area contributed by atoms with Gasteiger partial charge in [-0.15, -0.1) is 0 Å². The number of hydrazine groups is 1. The van der Waals surface area contributed by atoms with Gasteiger partial charge in [0.1, 0.15) is 5.75 Å². The summed E-state index contributed by atoms with van der Waals surface area (Å²) in [5.74, 6) is 0.660. The van der Waals surface area contributed by atoms with Crippen LogP contribution in [0.1, 0.15) is 11.1 Å². The molecule has 1 amide bonds. The number of ether oxygens (including phenoxy) is 1. The zero-order valence-electron chi connectivity index (χ0n) is 9.26. The average molecular weight is 208 g/mol. The van der Waals surface area contributed by atoms with Crippen molar-refractivity contribution >= 4 is 5.91 Å². The SMILES string of the molecule is CNNC(=O)Cc1cc(C)ccc1OC. The topological polar surface area (TPSA) is 50.4 Å². The molecule has 1 aromatic rings. The van der Waals surface area contributed by atoms with Gasteiger partial charge >= 0.3 is 0 Å². The molecule has 0 saturated carbocycles. The summed E-state index contributed by atoms with van der Waals surface area (Å²) in [6.45, 7) is 1.99. The largest absolute Gasteiger partial charge is 0.496 e. The number of aryl methyl sites for hydroxylation is 1. The van der Waals surface area contributed by atoms with Gasteiger partial charge in [0.15, 0.2) is 0 Å². The van der Waals surface area contributed by atoms with Gasteiger partial charge in [0.2, 0.25) is 5.91 Å². The summed E-state index contributed by atoms with van der Waals surface area (Å²) in [6.07, 6.45) is 0.311. The lowest BCUT2D eigenvalue weighted by Crippen LogP contribution is -2.35. The Kier molecular flexibility index (Phi) is 4.12. The van der Waals surface area contributed by atoms with E-state index in [-0.39, 0.29) is 5.91 Å². The minimum Gasteiger partial charge on any atom is -0.496 e. The molecule has 0 aromatic heterocycles. The molecule has 0 aliphatic heterocycles. The second-order valence-electron chi connectivity index (χ2n) is 3.29. The van der Waals surface area contributed by atoms with E-state index >= 15 is 0 Å². The Labute approximate surface area is 89.6 Å². The average Bonchev–Trinajstić information content (AvgIpc) is 2.18. The molecule has 0 spiro atoms. The highest BCUT2D eigenvalue weighted by atomic mass is 16.5. The molecule has 0 atom stereocenters. The predicted octanol–water partition coefficient (Wildman–Crippen LogP) is 0.797. The molecule has 0 unspecified atom stereocenters. The molecule has 2 N–H and O–H groups in total. The van der Waals surface area contributed by atoms with E-state index in [1.54, 1.807) is 14.2 Å². The van der Waals surface area contributed by atoms with Crippen molar-refractivity contribution in [2.45, 2.75) is 13.3 Å². The molecule has 0 bridgehead atoms. The fourth-order valence-corrected chi connectivity index (χ4v) is 1.40. The number of nitrogens with one attached hydrogen (secondary N) is 2. The molecule has 0 radical (unpaired) electrons. The van der Waals surface area contributed by atoms with Gasteiger partial charge in [-0.25, -0.2) is 5.43 Å². The number of carbonyl (C=O) groups is 1. The lowest BCUT2D eigenvalue weighted by atomic mass is 10.1. The highest BCUT2D eigenvalue weighted by Crippen LogP contribution is 2.19. The smallest absolute Gasteiger partial charge is 0.238 e. The summed E-state index contributed by atoms with van der Waals surface area (Å²) >= 11 is 0. The van der Waals surface area contributed by atoms with Crippen molar-refractivity contribution in [3.63, 3.8) is 0 Å². The first-order chi connectivity index (χ1) is 7.17. The van der Waals surface area contributed by atoms with Gasteiger partial charge in [-0.1, -0.05) is 17.7 Å². The summed E-state index contributed by atoms with van der Waals surface area (Å²) < 4.78 is 5.18. The van der Waals surface area contributed by atoms with Gasteiger partial charge in [-0.3, -0.25) is 10.2 Å². The van der Waals surface area contributed by atoms with Crippen LogP contribution < -0.4 is 15.6 Å². The molecule has 15 heavy (non-hydrogen) atoms. The third-order valence-electron chi connectivity index (χ3n) is 2.05. The number of methoxy groups -OCH3 is 1. The quantitative estimate of drug-likeness (QED) is 0.719. The Morgan fingerprint density at radius 3 is 2.80 bits per heavy atom. The van der Waals surface area contributed by atoms with Crippen molar-refractivity contribution < 1.29 is 9.53 Å². The van der Waals surface area contributed by atoms with Crippen molar-refractivity contribution in [3.05, 3.63) is 29.3 Å². The van der Waals surface area contributed by atoms with Crippen molar-refractivity contribution in [1.82, 2.24) is 10.9 Å². The van der Waals surface area contributed by atoms with E-state index in [4.69, 9.17) is 4.74 Å². The number of hydrogen-bond acceptors (Lipinski definition) is 3. The van der Waals surface area contributed by atoms with Crippen LogP contribution in [0.4, 0.5) is 0 Å². The predicted molar refractivity (Wildman–Crippen MR) is 58.6 cm³/mol. The van der Waals surface area contributed by atoms with E-state index in [1.807, 2.05) is 25.1 Å². The molecule has 0 aliphatic carbocycles. The molecule has 0 heterocycles. The van der Waals surface area contributed by atoms with E-state index in [0.29, 0.717) is 6.42 Å². The van der Waals surface area contributed by atoms with Crippen LogP contribution >= 0.6 is 0 Å². The summed E-state index contributed by atoms with van der Waals surface area (Å²) in [5, 5.41) is 0. The van der Waals surface area contributed by atoms with E-state index in [1.165, 1.54) is 0 Å². The fourth-order valence-electron chi connectivity index (χ4n) is 1.40. The summed E-state index contributed by atoms with van der Waals surface area (Å²) in [7, 11) is 3.26. The summed E-state index contributed by atoms with van der Waals surface area (Å²) in [4.78, 5) is 11.4. The van der Waals surface area contributed by atoms with Gasteiger partial charge in [0.25, 0.3) is 0 Å². The number of amides is 1. The monoisotopic (exact) mass is 208 g/mol. The first-order valence-electron chi connectivity index (χ1n) is 4.76. The van der Waals surface area contributed by atoms with Gasteiger partial charge in [0, 0.05) is 12.6 Å². The minimum atomic E-state index is -0.0820. The highest BCUT2D eigenvalue weighted by Gasteiger charge is 2.07. The van der Waals surface area contributed by atoms with Crippen molar-refractivity contribution in [3.8, 4) is 5.75 Å². The first-order valence-corrected chi connectivity index (χ1v) is 4.76. The third kappa shape index (κ3) is 3.25. The number of rotatable bonds is 4. The molecule has 82 valence electrons. The first kappa shape index (κ1) is 11.5. The van der Waals surface area contributed by atoms with E-state index in [9.17, 15) is 4.79 Å². The summed E-state index contributed by atoms with van der Waals surface area (Å²) in [5.41, 5.74) is 7.13. The standard InChI is InChI=1S/C11H16N2O2/c1-8-4-5-10(15-3)9(6-8)7-11(14)13-12-2/h4-6,12H,7H2,1-3H3,(H,13,14). The van der Waals surface area contributed by atoms with E-state index < -0.39 is 0 Å². The maximum Gasteiger partial charge on any atom is 0.238 e. The Morgan fingerprint density at radius 1 is 1.47 bits per heavy atom. The van der Waals surface area contributed by atoms with E-state index in [0.717, 1.165) is 16.9 Å². The second-order valence-corrected chi connectivity index (χ2v) is 3.29. The van der Waals surface area contributed by atoms with Crippen LogP contribution in [-0.4, -0.2) is 20.1 Å². The van der Waals surface area contributed by atoms with Crippen LogP contribution in [0.3, 0.4) is 0 Å². The molecule has 0 saturated heterocycles. The number of benzene rings is 1.